The van der Waals surface area contributed by atoms with E-state index in [1.54, 1.807) is 18.2 Å². The lowest BCUT2D eigenvalue weighted by Crippen LogP contribution is -1.97. The molecular formula is C14H10O3. The van der Waals surface area contributed by atoms with Gasteiger partial charge >= 0.3 is 0 Å². The number of ketones is 1. The number of allylic oxidation sites excluding steroid dienone is 1. The Morgan fingerprint density at radius 3 is 2.65 bits per heavy atom. The highest BCUT2D eigenvalue weighted by molar-refractivity contribution is 6.14. The Balaban J connectivity index is 1.99. The van der Waals surface area contributed by atoms with Gasteiger partial charge in [0, 0.05) is 6.08 Å². The molecule has 0 amide bonds. The van der Waals surface area contributed by atoms with Crippen molar-refractivity contribution < 1.29 is 13.9 Å². The average molecular weight is 226 g/mol. The van der Waals surface area contributed by atoms with Crippen LogP contribution >= 0.6 is 0 Å². The van der Waals surface area contributed by atoms with Gasteiger partial charge in [0.15, 0.2) is 5.76 Å². The van der Waals surface area contributed by atoms with Crippen LogP contribution in [0.4, 0.5) is 0 Å². The molecule has 1 aliphatic heterocycles. The van der Waals surface area contributed by atoms with Gasteiger partial charge in [-0.05, 0) is 31.2 Å². The van der Waals surface area contributed by atoms with Crippen LogP contribution in [-0.2, 0) is 0 Å². The van der Waals surface area contributed by atoms with E-state index in [-0.39, 0.29) is 5.78 Å². The van der Waals surface area contributed by atoms with E-state index < -0.39 is 0 Å². The van der Waals surface area contributed by atoms with Gasteiger partial charge in [0.1, 0.15) is 17.3 Å². The maximum Gasteiger partial charge on any atom is 0.232 e. The first kappa shape index (κ1) is 9.90. The first-order chi connectivity index (χ1) is 8.24. The second kappa shape index (κ2) is 3.63. The van der Waals surface area contributed by atoms with Gasteiger partial charge in [0.05, 0.1) is 5.56 Å². The predicted octanol–water partition coefficient (Wildman–Crippen LogP) is 3.20. The highest BCUT2D eigenvalue weighted by Gasteiger charge is 2.26. The van der Waals surface area contributed by atoms with E-state index >= 15 is 0 Å². The summed E-state index contributed by atoms with van der Waals surface area (Å²) in [6, 6.07) is 10.8. The van der Waals surface area contributed by atoms with Crippen LogP contribution in [0.5, 0.6) is 5.75 Å². The fraction of sp³-hybridized carbons (Fsp3) is 0.0714. The quantitative estimate of drug-likeness (QED) is 0.701. The van der Waals surface area contributed by atoms with Crippen LogP contribution in [0, 0.1) is 6.92 Å². The maximum absolute atomic E-state index is 12.0. The zero-order valence-electron chi connectivity index (χ0n) is 9.27. The fourth-order valence-corrected chi connectivity index (χ4v) is 1.80. The van der Waals surface area contributed by atoms with Crippen LogP contribution in [0.1, 0.15) is 21.9 Å². The van der Waals surface area contributed by atoms with Gasteiger partial charge in [0.2, 0.25) is 5.78 Å². The number of fused-ring (bicyclic) bond motifs is 1. The largest absolute Gasteiger partial charge is 0.462 e. The average Bonchev–Trinajstić information content (AvgIpc) is 2.86. The number of hydrogen-bond acceptors (Lipinski definition) is 3. The van der Waals surface area contributed by atoms with Gasteiger partial charge in [-0.3, -0.25) is 4.79 Å². The molecule has 0 fully saturated rings. The molecule has 3 rings (SSSR count). The summed E-state index contributed by atoms with van der Waals surface area (Å²) in [5.74, 6) is 2.24. The Hall–Kier alpha value is -2.29. The second-order valence-corrected chi connectivity index (χ2v) is 3.88. The normalized spacial score (nSPS) is 16.1. The number of hydrogen-bond donors (Lipinski definition) is 0. The van der Waals surface area contributed by atoms with E-state index in [2.05, 4.69) is 0 Å². The molecule has 0 spiro atoms. The minimum absolute atomic E-state index is 0.102. The van der Waals surface area contributed by atoms with Crippen LogP contribution in [0.25, 0.3) is 6.08 Å². The Bertz CT molecular complexity index is 620. The van der Waals surface area contributed by atoms with Crippen LogP contribution in [-0.4, -0.2) is 5.78 Å². The molecule has 0 aliphatic carbocycles. The summed E-state index contributed by atoms with van der Waals surface area (Å²) < 4.78 is 10.9. The van der Waals surface area contributed by atoms with E-state index in [1.807, 2.05) is 31.2 Å². The van der Waals surface area contributed by atoms with Crippen molar-refractivity contribution in [1.82, 2.24) is 0 Å². The van der Waals surface area contributed by atoms with Crippen molar-refractivity contribution in [3.8, 4) is 5.75 Å². The van der Waals surface area contributed by atoms with E-state index in [4.69, 9.17) is 9.15 Å². The lowest BCUT2D eigenvalue weighted by molar-refractivity contribution is 0.101. The highest BCUT2D eigenvalue weighted by atomic mass is 16.5. The third-order valence-corrected chi connectivity index (χ3v) is 2.61. The monoisotopic (exact) mass is 226 g/mol. The molecule has 1 aliphatic rings. The third kappa shape index (κ3) is 1.65. The lowest BCUT2D eigenvalue weighted by Gasteiger charge is -1.95. The van der Waals surface area contributed by atoms with Crippen LogP contribution < -0.4 is 4.74 Å². The van der Waals surface area contributed by atoms with Crippen molar-refractivity contribution in [2.75, 3.05) is 0 Å². The molecule has 3 nitrogen and oxygen atoms in total. The van der Waals surface area contributed by atoms with Gasteiger partial charge in [0.25, 0.3) is 0 Å². The molecule has 0 radical (unpaired) electrons. The Labute approximate surface area is 98.3 Å². The molecular weight excluding hydrogens is 216 g/mol. The number of benzene rings is 1. The second-order valence-electron chi connectivity index (χ2n) is 3.88. The number of carbonyl (C=O) groups is 1. The van der Waals surface area contributed by atoms with Crippen LogP contribution in [0.15, 0.2) is 46.6 Å². The van der Waals surface area contributed by atoms with E-state index in [9.17, 15) is 4.79 Å². The molecule has 0 bridgehead atoms. The first-order valence-corrected chi connectivity index (χ1v) is 5.34. The molecule has 2 aromatic rings. The van der Waals surface area contributed by atoms with Gasteiger partial charge < -0.3 is 9.15 Å². The number of aryl methyl sites for hydroxylation is 1. The zero-order chi connectivity index (χ0) is 11.8. The number of ether oxygens (including phenoxy) is 1. The minimum Gasteiger partial charge on any atom is -0.462 e. The highest BCUT2D eigenvalue weighted by Crippen LogP contribution is 2.31. The summed E-state index contributed by atoms with van der Waals surface area (Å²) in [6.45, 7) is 1.86. The van der Waals surface area contributed by atoms with Crippen molar-refractivity contribution in [2.24, 2.45) is 0 Å². The fourth-order valence-electron chi connectivity index (χ4n) is 1.80. The molecule has 1 aromatic carbocycles. The first-order valence-electron chi connectivity index (χ1n) is 5.34. The topological polar surface area (TPSA) is 39.4 Å². The maximum atomic E-state index is 12.0. The summed E-state index contributed by atoms with van der Waals surface area (Å²) in [7, 11) is 0. The zero-order valence-corrected chi connectivity index (χ0v) is 9.27. The number of para-hydroxylation sites is 1. The standard InChI is InChI=1S/C14H10O3/c1-9-6-7-10(16-9)8-13-14(15)11-4-2-3-5-12(11)17-13/h2-8H,1H3/b13-8-. The molecule has 3 heteroatoms. The molecule has 0 unspecified atom stereocenters. The lowest BCUT2D eigenvalue weighted by atomic mass is 10.1. The molecule has 0 saturated heterocycles. The third-order valence-electron chi connectivity index (χ3n) is 2.61. The predicted molar refractivity (Wildman–Crippen MR) is 62.8 cm³/mol. The molecule has 17 heavy (non-hydrogen) atoms. The summed E-state index contributed by atoms with van der Waals surface area (Å²) >= 11 is 0. The van der Waals surface area contributed by atoms with Crippen molar-refractivity contribution in [3.05, 3.63) is 59.2 Å². The molecule has 1 aromatic heterocycles. The summed E-state index contributed by atoms with van der Waals surface area (Å²) in [4.78, 5) is 12.0. The minimum atomic E-state index is -0.102. The van der Waals surface area contributed by atoms with Gasteiger partial charge in [-0.1, -0.05) is 12.1 Å². The smallest absolute Gasteiger partial charge is 0.232 e. The van der Waals surface area contributed by atoms with Crippen molar-refractivity contribution in [2.45, 2.75) is 6.92 Å². The SMILES string of the molecule is Cc1ccc(/C=C2\Oc3ccccc3C2=O)o1. The van der Waals surface area contributed by atoms with Gasteiger partial charge in [-0.2, -0.15) is 0 Å². The molecule has 0 atom stereocenters. The number of Topliss-reactive ketones (excluding diaryl/α,β-unsaturated/α-hetero) is 1. The molecule has 0 saturated carbocycles. The van der Waals surface area contributed by atoms with E-state index in [0.717, 1.165) is 5.76 Å². The van der Waals surface area contributed by atoms with Crippen molar-refractivity contribution in [3.63, 3.8) is 0 Å². The van der Waals surface area contributed by atoms with Crippen LogP contribution in [0.3, 0.4) is 0 Å². The molecule has 0 N–H and O–H groups in total. The summed E-state index contributed by atoms with van der Waals surface area (Å²) in [5, 5.41) is 0. The van der Waals surface area contributed by atoms with Gasteiger partial charge in [-0.15, -0.1) is 0 Å². The Morgan fingerprint density at radius 1 is 1.12 bits per heavy atom. The van der Waals surface area contributed by atoms with Crippen molar-refractivity contribution in [1.29, 1.82) is 0 Å². The van der Waals surface area contributed by atoms with E-state index in [0.29, 0.717) is 22.8 Å². The number of carbonyl (C=O) groups excluding carboxylic acids is 1. The van der Waals surface area contributed by atoms with Crippen molar-refractivity contribution >= 4 is 11.9 Å². The number of furan rings is 1. The molecule has 2 heterocycles. The Kier molecular flexibility index (Phi) is 2.11. The molecule has 84 valence electrons. The van der Waals surface area contributed by atoms with E-state index in [1.165, 1.54) is 0 Å². The number of rotatable bonds is 1. The Morgan fingerprint density at radius 2 is 1.94 bits per heavy atom. The van der Waals surface area contributed by atoms with Gasteiger partial charge in [-0.25, -0.2) is 0 Å². The summed E-state index contributed by atoms with van der Waals surface area (Å²) in [5.41, 5.74) is 0.599. The summed E-state index contributed by atoms with van der Waals surface area (Å²) in [6.07, 6.45) is 1.62. The van der Waals surface area contributed by atoms with Crippen LogP contribution in [0.2, 0.25) is 0 Å².